The third-order valence-corrected chi connectivity index (χ3v) is 5.64. The van der Waals surface area contributed by atoms with Gasteiger partial charge in [-0.1, -0.05) is 42.5 Å². The van der Waals surface area contributed by atoms with Gasteiger partial charge in [0.2, 0.25) is 5.95 Å². The number of fused-ring (bicyclic) bond motifs is 2. The SMILES string of the molecule is CCn1c(NNC(=O)Cn2c(COc3ccccc3)nc3ccccc32)nc2ccccc2c1=O. The molecule has 0 atom stereocenters. The van der Waals surface area contributed by atoms with Gasteiger partial charge in [0, 0.05) is 6.54 Å². The Morgan fingerprint density at radius 2 is 1.60 bits per heavy atom. The van der Waals surface area contributed by atoms with Gasteiger partial charge >= 0.3 is 0 Å². The molecule has 0 aliphatic carbocycles. The third kappa shape index (κ3) is 4.56. The predicted octanol–water partition coefficient (Wildman–Crippen LogP) is 3.49. The highest BCUT2D eigenvalue weighted by Crippen LogP contribution is 2.18. The summed E-state index contributed by atoms with van der Waals surface area (Å²) in [5.41, 5.74) is 7.47. The van der Waals surface area contributed by atoms with Crippen molar-refractivity contribution in [3.05, 3.63) is 95.0 Å². The number of rotatable bonds is 8. The molecule has 9 heteroatoms. The number of carbonyl (C=O) groups is 1. The van der Waals surface area contributed by atoms with E-state index < -0.39 is 0 Å². The number of anilines is 1. The van der Waals surface area contributed by atoms with Gasteiger partial charge in [0.05, 0.1) is 21.9 Å². The van der Waals surface area contributed by atoms with Crippen molar-refractivity contribution in [1.82, 2.24) is 24.5 Å². The normalized spacial score (nSPS) is 11.0. The van der Waals surface area contributed by atoms with Crippen LogP contribution < -0.4 is 21.1 Å². The van der Waals surface area contributed by atoms with E-state index in [0.717, 1.165) is 16.8 Å². The van der Waals surface area contributed by atoms with E-state index in [0.29, 0.717) is 23.3 Å². The molecule has 0 bridgehead atoms. The number of carbonyl (C=O) groups excluding carboxylic acids is 1. The van der Waals surface area contributed by atoms with Crippen molar-refractivity contribution in [1.29, 1.82) is 0 Å². The Kier molecular flexibility index (Phi) is 6.13. The Labute approximate surface area is 201 Å². The predicted molar refractivity (Wildman–Crippen MR) is 134 cm³/mol. The lowest BCUT2D eigenvalue weighted by molar-refractivity contribution is -0.121. The molecular formula is C26H24N6O3. The number of nitrogens with zero attached hydrogens (tertiary/aromatic N) is 4. The minimum atomic E-state index is -0.320. The zero-order valence-electron chi connectivity index (χ0n) is 19.1. The lowest BCUT2D eigenvalue weighted by Crippen LogP contribution is -2.36. The monoisotopic (exact) mass is 468 g/mol. The number of hydrogen-bond donors (Lipinski definition) is 2. The maximum atomic E-state index is 12.9. The molecule has 2 N–H and O–H groups in total. The molecule has 0 spiro atoms. The molecule has 0 saturated heterocycles. The maximum absolute atomic E-state index is 12.9. The first-order valence-electron chi connectivity index (χ1n) is 11.3. The van der Waals surface area contributed by atoms with Gasteiger partial charge in [-0.15, -0.1) is 0 Å². The quantitative estimate of drug-likeness (QED) is 0.338. The van der Waals surface area contributed by atoms with Gasteiger partial charge in [-0.05, 0) is 43.3 Å². The van der Waals surface area contributed by atoms with Crippen LogP contribution in [0.5, 0.6) is 5.75 Å². The topological polar surface area (TPSA) is 103 Å². The summed E-state index contributed by atoms with van der Waals surface area (Å²) >= 11 is 0. The molecule has 0 saturated carbocycles. The zero-order valence-corrected chi connectivity index (χ0v) is 19.1. The highest BCUT2D eigenvalue weighted by molar-refractivity contribution is 5.82. The number of hydrogen-bond acceptors (Lipinski definition) is 6. The van der Waals surface area contributed by atoms with Crippen LogP contribution in [0.15, 0.2) is 83.7 Å². The van der Waals surface area contributed by atoms with Crippen LogP contribution >= 0.6 is 0 Å². The van der Waals surface area contributed by atoms with E-state index in [1.165, 1.54) is 4.57 Å². The fourth-order valence-corrected chi connectivity index (χ4v) is 3.94. The van der Waals surface area contributed by atoms with Gasteiger partial charge in [0.25, 0.3) is 11.5 Å². The standard InChI is InChI=1S/C26H24N6O3/c1-2-31-25(34)19-12-6-7-13-20(19)28-26(31)30-29-24(33)16-32-22-15-9-8-14-21(22)27-23(32)17-35-18-10-4-3-5-11-18/h3-15H,2,16-17H2,1H3,(H,28,30)(H,29,33). The second-order valence-electron chi connectivity index (χ2n) is 7.88. The van der Waals surface area contributed by atoms with Crippen molar-refractivity contribution in [2.24, 2.45) is 0 Å². The van der Waals surface area contributed by atoms with Crippen molar-refractivity contribution in [3.8, 4) is 5.75 Å². The molecule has 0 fully saturated rings. The Bertz CT molecular complexity index is 1560. The largest absolute Gasteiger partial charge is 0.486 e. The van der Waals surface area contributed by atoms with Gasteiger partial charge in [-0.25, -0.2) is 9.97 Å². The van der Waals surface area contributed by atoms with E-state index in [-0.39, 0.29) is 30.6 Å². The van der Waals surface area contributed by atoms with E-state index in [2.05, 4.69) is 20.8 Å². The molecule has 3 aromatic carbocycles. The van der Waals surface area contributed by atoms with Crippen LogP contribution in [0.3, 0.4) is 0 Å². The molecule has 0 aliphatic rings. The van der Waals surface area contributed by atoms with Crippen LogP contribution in [-0.2, 0) is 24.5 Å². The summed E-state index contributed by atoms with van der Waals surface area (Å²) < 4.78 is 9.17. The van der Waals surface area contributed by atoms with Crippen LogP contribution in [-0.4, -0.2) is 25.0 Å². The van der Waals surface area contributed by atoms with Crippen LogP contribution in [0.4, 0.5) is 5.95 Å². The Hall–Kier alpha value is -4.66. The average Bonchev–Trinajstić information content (AvgIpc) is 3.24. The van der Waals surface area contributed by atoms with Gasteiger partial charge < -0.3 is 9.30 Å². The first kappa shape index (κ1) is 22.1. The number of benzene rings is 3. The first-order valence-corrected chi connectivity index (χ1v) is 11.3. The summed E-state index contributed by atoms with van der Waals surface area (Å²) in [5.74, 6) is 1.29. The molecule has 1 amide bonds. The average molecular weight is 469 g/mol. The number of aromatic nitrogens is 4. The summed E-state index contributed by atoms with van der Waals surface area (Å²) in [5, 5.41) is 0.527. The van der Waals surface area contributed by atoms with E-state index >= 15 is 0 Å². The molecule has 0 unspecified atom stereocenters. The molecule has 5 aromatic rings. The zero-order chi connectivity index (χ0) is 24.2. The highest BCUT2D eigenvalue weighted by Gasteiger charge is 2.15. The number of imidazole rings is 1. The fraction of sp³-hybridized carbons (Fsp3) is 0.154. The van der Waals surface area contributed by atoms with Gasteiger partial charge in [0.1, 0.15) is 24.7 Å². The molecule has 2 aromatic heterocycles. The Morgan fingerprint density at radius 3 is 2.40 bits per heavy atom. The molecule has 35 heavy (non-hydrogen) atoms. The van der Waals surface area contributed by atoms with Gasteiger partial charge in [-0.3, -0.25) is 25.0 Å². The lowest BCUT2D eigenvalue weighted by atomic mass is 10.2. The van der Waals surface area contributed by atoms with Crippen molar-refractivity contribution in [3.63, 3.8) is 0 Å². The fourth-order valence-electron chi connectivity index (χ4n) is 3.94. The molecule has 2 heterocycles. The summed E-state index contributed by atoms with van der Waals surface area (Å²) in [6, 6.07) is 24.2. The first-order chi connectivity index (χ1) is 17.1. The van der Waals surface area contributed by atoms with Crippen LogP contribution in [0, 0.1) is 0 Å². The lowest BCUT2D eigenvalue weighted by Gasteiger charge is -2.15. The summed E-state index contributed by atoms with van der Waals surface area (Å²) in [7, 11) is 0. The van der Waals surface area contributed by atoms with E-state index in [9.17, 15) is 9.59 Å². The second kappa shape index (κ2) is 9.68. The Balaban J connectivity index is 1.36. The molecule has 5 rings (SSSR count). The molecule has 0 radical (unpaired) electrons. The van der Waals surface area contributed by atoms with Crippen LogP contribution in [0.25, 0.3) is 21.9 Å². The minimum absolute atomic E-state index is 0.00490. The van der Waals surface area contributed by atoms with Crippen molar-refractivity contribution in [2.45, 2.75) is 26.6 Å². The molecular weight excluding hydrogens is 444 g/mol. The molecule has 0 aliphatic heterocycles. The summed E-state index contributed by atoms with van der Waals surface area (Å²) in [6.07, 6.45) is 0. The van der Waals surface area contributed by atoms with E-state index in [1.54, 1.807) is 18.2 Å². The number of ether oxygens (including phenoxy) is 1. The van der Waals surface area contributed by atoms with Crippen molar-refractivity contribution >= 4 is 33.8 Å². The number of hydrazine groups is 1. The Morgan fingerprint density at radius 1 is 0.886 bits per heavy atom. The summed E-state index contributed by atoms with van der Waals surface area (Å²) in [6.45, 7) is 2.47. The van der Waals surface area contributed by atoms with Crippen LogP contribution in [0.2, 0.25) is 0 Å². The number of amides is 1. The van der Waals surface area contributed by atoms with Crippen LogP contribution in [0.1, 0.15) is 12.7 Å². The number of para-hydroxylation sites is 4. The second-order valence-corrected chi connectivity index (χ2v) is 7.88. The van der Waals surface area contributed by atoms with Gasteiger partial charge in [-0.2, -0.15) is 0 Å². The van der Waals surface area contributed by atoms with E-state index in [4.69, 9.17) is 4.74 Å². The van der Waals surface area contributed by atoms with Crippen molar-refractivity contribution < 1.29 is 9.53 Å². The number of nitrogens with one attached hydrogen (secondary N) is 2. The van der Waals surface area contributed by atoms with E-state index in [1.807, 2.05) is 72.2 Å². The smallest absolute Gasteiger partial charge is 0.262 e. The van der Waals surface area contributed by atoms with Crippen molar-refractivity contribution in [2.75, 3.05) is 5.43 Å². The molecule has 9 nitrogen and oxygen atoms in total. The summed E-state index contributed by atoms with van der Waals surface area (Å²) in [4.78, 5) is 34.9. The highest BCUT2D eigenvalue weighted by atomic mass is 16.5. The minimum Gasteiger partial charge on any atom is -0.486 e. The maximum Gasteiger partial charge on any atom is 0.262 e. The third-order valence-electron chi connectivity index (χ3n) is 5.64. The molecule has 176 valence electrons. The van der Waals surface area contributed by atoms with Gasteiger partial charge in [0.15, 0.2) is 0 Å².